The van der Waals surface area contributed by atoms with Gasteiger partial charge < -0.3 is 4.74 Å². The van der Waals surface area contributed by atoms with Crippen molar-refractivity contribution in [2.24, 2.45) is 0 Å². The van der Waals surface area contributed by atoms with E-state index in [1.54, 1.807) is 7.11 Å². The minimum atomic E-state index is 0.343. The molecule has 1 aliphatic carbocycles. The Kier molecular flexibility index (Phi) is 8.93. The van der Waals surface area contributed by atoms with Crippen LogP contribution in [0, 0.1) is 0 Å². The van der Waals surface area contributed by atoms with Crippen molar-refractivity contribution in [3.05, 3.63) is 35.4 Å². The van der Waals surface area contributed by atoms with Gasteiger partial charge >= 0.3 is 0 Å². The highest BCUT2D eigenvalue weighted by atomic mass is 16.5. The van der Waals surface area contributed by atoms with Crippen molar-refractivity contribution in [1.82, 2.24) is 0 Å². The van der Waals surface area contributed by atoms with Gasteiger partial charge in [-0.15, -0.1) is 0 Å². The Bertz CT molecular complexity index is 268. The number of aryl methyl sites for hydroxylation is 1. The molecule has 2 rings (SSSR count). The monoisotopic (exact) mass is 222 g/mol. The molecule has 0 spiro atoms. The molecular formula is C15H26O. The average Bonchev–Trinajstić information content (AvgIpc) is 2.42. The van der Waals surface area contributed by atoms with Crippen molar-refractivity contribution in [3.8, 4) is 0 Å². The van der Waals surface area contributed by atoms with Crippen LogP contribution in [0.25, 0.3) is 0 Å². The number of fused-ring (bicyclic) bond motifs is 1. The highest BCUT2D eigenvalue weighted by Crippen LogP contribution is 2.31. The highest BCUT2D eigenvalue weighted by Gasteiger charge is 2.18. The van der Waals surface area contributed by atoms with E-state index in [0.717, 1.165) is 0 Å². The van der Waals surface area contributed by atoms with Crippen LogP contribution in [0.3, 0.4) is 0 Å². The standard InChI is InChI=1S/C11H14O.2C2H6/c1-12-11-8-4-6-9-5-2-3-7-10(9)11;2*1-2/h2-3,5,7,11H,4,6,8H2,1H3;2*1-2H3. The first-order valence-electron chi connectivity index (χ1n) is 6.52. The van der Waals surface area contributed by atoms with E-state index in [2.05, 4.69) is 24.3 Å². The second kappa shape index (κ2) is 9.41. The van der Waals surface area contributed by atoms with Crippen LogP contribution in [0.2, 0.25) is 0 Å². The number of hydrogen-bond donors (Lipinski definition) is 0. The summed E-state index contributed by atoms with van der Waals surface area (Å²) in [5.41, 5.74) is 2.86. The van der Waals surface area contributed by atoms with E-state index in [-0.39, 0.29) is 0 Å². The molecule has 16 heavy (non-hydrogen) atoms. The fourth-order valence-corrected chi connectivity index (χ4v) is 1.95. The maximum atomic E-state index is 5.42. The fourth-order valence-electron chi connectivity index (χ4n) is 1.95. The molecular weight excluding hydrogens is 196 g/mol. The predicted molar refractivity (Wildman–Crippen MR) is 71.8 cm³/mol. The van der Waals surface area contributed by atoms with E-state index >= 15 is 0 Å². The van der Waals surface area contributed by atoms with Crippen molar-refractivity contribution < 1.29 is 4.74 Å². The van der Waals surface area contributed by atoms with Crippen LogP contribution in [0.15, 0.2) is 24.3 Å². The van der Waals surface area contributed by atoms with Crippen LogP contribution in [0.5, 0.6) is 0 Å². The SMILES string of the molecule is CC.CC.COC1CCCc2ccccc21. The molecule has 0 bridgehead atoms. The van der Waals surface area contributed by atoms with Gasteiger partial charge in [-0.3, -0.25) is 0 Å². The zero-order chi connectivity index (χ0) is 12.4. The van der Waals surface area contributed by atoms with E-state index in [1.165, 1.54) is 30.4 Å². The van der Waals surface area contributed by atoms with Crippen LogP contribution in [-0.2, 0) is 11.2 Å². The van der Waals surface area contributed by atoms with Crippen molar-refractivity contribution in [2.45, 2.75) is 53.1 Å². The summed E-state index contributed by atoms with van der Waals surface area (Å²) in [6.07, 6.45) is 3.99. The molecule has 1 heteroatoms. The lowest BCUT2D eigenvalue weighted by Gasteiger charge is -2.23. The van der Waals surface area contributed by atoms with Gasteiger partial charge in [0.2, 0.25) is 0 Å². The number of hydrogen-bond acceptors (Lipinski definition) is 1. The van der Waals surface area contributed by atoms with Gasteiger partial charge in [-0.2, -0.15) is 0 Å². The summed E-state index contributed by atoms with van der Waals surface area (Å²) in [7, 11) is 1.80. The van der Waals surface area contributed by atoms with Crippen LogP contribution >= 0.6 is 0 Å². The smallest absolute Gasteiger partial charge is 0.0823 e. The summed E-state index contributed by atoms with van der Waals surface area (Å²) in [6.45, 7) is 8.00. The number of benzene rings is 1. The molecule has 0 amide bonds. The summed E-state index contributed by atoms with van der Waals surface area (Å²) < 4.78 is 5.42. The molecule has 0 fully saturated rings. The molecule has 0 saturated carbocycles. The van der Waals surface area contributed by atoms with Crippen LogP contribution in [0.4, 0.5) is 0 Å². The predicted octanol–water partition coefficient (Wildman–Crippen LogP) is 4.76. The third kappa shape index (κ3) is 3.97. The first-order chi connectivity index (χ1) is 7.92. The van der Waals surface area contributed by atoms with Gasteiger partial charge in [0.1, 0.15) is 0 Å². The van der Waals surface area contributed by atoms with Gasteiger partial charge in [0, 0.05) is 7.11 Å². The summed E-state index contributed by atoms with van der Waals surface area (Å²) >= 11 is 0. The zero-order valence-corrected chi connectivity index (χ0v) is 11.4. The van der Waals surface area contributed by atoms with E-state index in [1.807, 2.05) is 27.7 Å². The van der Waals surface area contributed by atoms with Gasteiger partial charge in [-0.05, 0) is 30.4 Å². The number of methoxy groups -OCH3 is 1. The molecule has 92 valence electrons. The van der Waals surface area contributed by atoms with Crippen molar-refractivity contribution >= 4 is 0 Å². The molecule has 0 aromatic heterocycles. The van der Waals surface area contributed by atoms with Crippen molar-refractivity contribution in [2.75, 3.05) is 7.11 Å². The third-order valence-corrected chi connectivity index (χ3v) is 2.60. The quantitative estimate of drug-likeness (QED) is 0.665. The molecule has 1 aromatic rings. The van der Waals surface area contributed by atoms with E-state index in [4.69, 9.17) is 4.74 Å². The van der Waals surface area contributed by atoms with E-state index < -0.39 is 0 Å². The van der Waals surface area contributed by atoms with Crippen LogP contribution in [-0.4, -0.2) is 7.11 Å². The summed E-state index contributed by atoms with van der Waals surface area (Å²) in [4.78, 5) is 0. The Balaban J connectivity index is 0.000000509. The van der Waals surface area contributed by atoms with Gasteiger partial charge in [0.05, 0.1) is 6.10 Å². The van der Waals surface area contributed by atoms with E-state index in [0.29, 0.717) is 6.10 Å². The van der Waals surface area contributed by atoms with Crippen LogP contribution in [0.1, 0.15) is 57.8 Å². The Labute approximate surface area is 101 Å². The molecule has 1 atom stereocenters. The average molecular weight is 222 g/mol. The third-order valence-electron chi connectivity index (χ3n) is 2.60. The van der Waals surface area contributed by atoms with Crippen LogP contribution < -0.4 is 0 Å². The molecule has 0 heterocycles. The first-order valence-corrected chi connectivity index (χ1v) is 6.52. The Hall–Kier alpha value is -0.820. The van der Waals surface area contributed by atoms with Crippen molar-refractivity contribution in [1.29, 1.82) is 0 Å². The van der Waals surface area contributed by atoms with Crippen molar-refractivity contribution in [3.63, 3.8) is 0 Å². The summed E-state index contributed by atoms with van der Waals surface area (Å²) in [5, 5.41) is 0. The normalized spacial score (nSPS) is 17.2. The molecule has 1 nitrogen and oxygen atoms in total. The topological polar surface area (TPSA) is 9.23 Å². The van der Waals surface area contributed by atoms with Gasteiger partial charge in [0.25, 0.3) is 0 Å². The van der Waals surface area contributed by atoms with E-state index in [9.17, 15) is 0 Å². The Morgan fingerprint density at radius 1 is 1.06 bits per heavy atom. The second-order valence-electron chi connectivity index (χ2n) is 3.32. The molecule has 0 saturated heterocycles. The lowest BCUT2D eigenvalue weighted by Crippen LogP contribution is -2.10. The lowest BCUT2D eigenvalue weighted by molar-refractivity contribution is 0.0881. The Morgan fingerprint density at radius 3 is 2.31 bits per heavy atom. The maximum absolute atomic E-state index is 5.42. The highest BCUT2D eigenvalue weighted by molar-refractivity contribution is 5.31. The molecule has 0 aliphatic heterocycles. The molecule has 1 unspecified atom stereocenters. The minimum Gasteiger partial charge on any atom is -0.377 e. The summed E-state index contributed by atoms with van der Waals surface area (Å²) in [6, 6.07) is 8.59. The minimum absolute atomic E-state index is 0.343. The lowest BCUT2D eigenvalue weighted by atomic mass is 9.89. The molecule has 1 aliphatic rings. The molecule has 0 N–H and O–H groups in total. The fraction of sp³-hybridized carbons (Fsp3) is 0.600. The van der Waals surface area contributed by atoms with Gasteiger partial charge in [-0.25, -0.2) is 0 Å². The number of ether oxygens (including phenoxy) is 1. The second-order valence-corrected chi connectivity index (χ2v) is 3.32. The largest absolute Gasteiger partial charge is 0.377 e. The molecule has 0 radical (unpaired) electrons. The zero-order valence-electron chi connectivity index (χ0n) is 11.4. The first kappa shape index (κ1) is 15.2. The summed E-state index contributed by atoms with van der Waals surface area (Å²) in [5.74, 6) is 0. The van der Waals surface area contributed by atoms with Gasteiger partial charge in [0.15, 0.2) is 0 Å². The van der Waals surface area contributed by atoms with Gasteiger partial charge in [-0.1, -0.05) is 52.0 Å². The Morgan fingerprint density at radius 2 is 1.69 bits per heavy atom. The maximum Gasteiger partial charge on any atom is 0.0823 e. The number of rotatable bonds is 1. The molecule has 1 aromatic carbocycles.